The molecule has 0 heterocycles. The quantitative estimate of drug-likeness (QED) is 0.657. The summed E-state index contributed by atoms with van der Waals surface area (Å²) >= 11 is 0. The molecule has 0 saturated heterocycles. The molecular weight excluding hydrogens is 248 g/mol. The van der Waals surface area contributed by atoms with Crippen molar-refractivity contribution in [1.82, 2.24) is 0 Å². The number of carbonyl (C=O) groups excluding carboxylic acids is 1. The molecule has 0 unspecified atom stereocenters. The third kappa shape index (κ3) is 2.05. The van der Waals surface area contributed by atoms with Crippen LogP contribution >= 0.6 is 0 Å². The number of fused-ring (bicyclic) bond motifs is 1. The summed E-state index contributed by atoms with van der Waals surface area (Å²) in [4.78, 5) is 11.3. The standard InChI is InChI=1S/C18H14O2/c1-20-17-8-4-7-16(12-19)18(17)15-10-9-13-5-2-3-6-14(13)11-15/h2-12H,1H3. The first-order valence-corrected chi connectivity index (χ1v) is 6.45. The van der Waals surface area contributed by atoms with E-state index in [0.717, 1.165) is 22.8 Å². The molecule has 0 aliphatic rings. The summed E-state index contributed by atoms with van der Waals surface area (Å²) in [6.45, 7) is 0. The zero-order valence-corrected chi connectivity index (χ0v) is 11.2. The van der Waals surface area contributed by atoms with E-state index in [-0.39, 0.29) is 0 Å². The molecule has 0 spiro atoms. The minimum atomic E-state index is 0.639. The van der Waals surface area contributed by atoms with Gasteiger partial charge in [-0.1, -0.05) is 48.5 Å². The van der Waals surface area contributed by atoms with Crippen LogP contribution in [0.2, 0.25) is 0 Å². The molecule has 0 fully saturated rings. The smallest absolute Gasteiger partial charge is 0.150 e. The summed E-state index contributed by atoms with van der Waals surface area (Å²) in [6.07, 6.45) is 0.868. The Kier molecular flexibility index (Phi) is 3.21. The third-order valence-electron chi connectivity index (χ3n) is 3.44. The van der Waals surface area contributed by atoms with Gasteiger partial charge < -0.3 is 4.74 Å². The summed E-state index contributed by atoms with van der Waals surface area (Å²) in [5.74, 6) is 0.713. The second-order valence-corrected chi connectivity index (χ2v) is 4.60. The molecule has 0 amide bonds. The molecule has 0 N–H and O–H groups in total. The fraction of sp³-hybridized carbons (Fsp3) is 0.0556. The number of carbonyl (C=O) groups is 1. The molecule has 0 atom stereocenters. The molecule has 3 rings (SSSR count). The van der Waals surface area contributed by atoms with Crippen LogP contribution in [0.15, 0.2) is 60.7 Å². The average molecular weight is 262 g/mol. The van der Waals surface area contributed by atoms with E-state index >= 15 is 0 Å². The first-order valence-electron chi connectivity index (χ1n) is 6.45. The van der Waals surface area contributed by atoms with Crippen LogP contribution < -0.4 is 4.74 Å². The van der Waals surface area contributed by atoms with E-state index in [0.29, 0.717) is 11.3 Å². The summed E-state index contributed by atoms with van der Waals surface area (Å²) in [6, 6.07) is 19.8. The van der Waals surface area contributed by atoms with Crippen LogP contribution in [-0.2, 0) is 0 Å². The highest BCUT2D eigenvalue weighted by Crippen LogP contribution is 2.34. The number of ether oxygens (including phenoxy) is 1. The third-order valence-corrected chi connectivity index (χ3v) is 3.44. The van der Waals surface area contributed by atoms with E-state index in [1.807, 2.05) is 30.3 Å². The molecule has 2 heteroatoms. The molecule has 2 nitrogen and oxygen atoms in total. The molecule has 0 bridgehead atoms. The van der Waals surface area contributed by atoms with Gasteiger partial charge in [0.15, 0.2) is 6.29 Å². The molecular formula is C18H14O2. The number of methoxy groups -OCH3 is 1. The normalized spacial score (nSPS) is 10.4. The topological polar surface area (TPSA) is 26.3 Å². The van der Waals surface area contributed by atoms with E-state index < -0.39 is 0 Å². The maximum absolute atomic E-state index is 11.3. The van der Waals surface area contributed by atoms with Crippen molar-refractivity contribution in [2.24, 2.45) is 0 Å². The van der Waals surface area contributed by atoms with Crippen molar-refractivity contribution in [3.63, 3.8) is 0 Å². The lowest BCUT2D eigenvalue weighted by molar-refractivity contribution is 0.112. The van der Waals surface area contributed by atoms with E-state index in [1.54, 1.807) is 13.2 Å². The molecule has 98 valence electrons. The molecule has 20 heavy (non-hydrogen) atoms. The Balaban J connectivity index is 2.27. The zero-order chi connectivity index (χ0) is 13.9. The number of hydrogen-bond acceptors (Lipinski definition) is 2. The van der Waals surface area contributed by atoms with Crippen molar-refractivity contribution >= 4 is 17.1 Å². The molecule has 0 saturated carbocycles. The highest BCUT2D eigenvalue weighted by molar-refractivity contribution is 5.94. The first kappa shape index (κ1) is 12.4. The van der Waals surface area contributed by atoms with Crippen LogP contribution in [0.4, 0.5) is 0 Å². The summed E-state index contributed by atoms with van der Waals surface area (Å²) in [5, 5.41) is 2.33. The van der Waals surface area contributed by atoms with Gasteiger partial charge in [0.1, 0.15) is 5.75 Å². The lowest BCUT2D eigenvalue weighted by Gasteiger charge is -2.11. The second kappa shape index (κ2) is 5.17. The van der Waals surface area contributed by atoms with Crippen molar-refractivity contribution in [3.05, 3.63) is 66.2 Å². The van der Waals surface area contributed by atoms with Gasteiger partial charge in [0.05, 0.1) is 7.11 Å². The number of aldehydes is 1. The van der Waals surface area contributed by atoms with Gasteiger partial charge in [0.2, 0.25) is 0 Å². The summed E-state index contributed by atoms with van der Waals surface area (Å²) in [7, 11) is 1.62. The molecule has 0 aliphatic carbocycles. The largest absolute Gasteiger partial charge is 0.496 e. The van der Waals surface area contributed by atoms with E-state index in [9.17, 15) is 4.79 Å². The Morgan fingerprint density at radius 2 is 1.70 bits per heavy atom. The Morgan fingerprint density at radius 1 is 0.900 bits per heavy atom. The lowest BCUT2D eigenvalue weighted by Crippen LogP contribution is -1.93. The minimum absolute atomic E-state index is 0.639. The fourth-order valence-electron chi connectivity index (χ4n) is 2.47. The second-order valence-electron chi connectivity index (χ2n) is 4.60. The Bertz CT molecular complexity index is 775. The van der Waals surface area contributed by atoms with Gasteiger partial charge in [-0.2, -0.15) is 0 Å². The molecule has 0 aromatic heterocycles. The van der Waals surface area contributed by atoms with Gasteiger partial charge in [0, 0.05) is 11.1 Å². The number of rotatable bonds is 3. The molecule has 3 aromatic carbocycles. The van der Waals surface area contributed by atoms with Crippen molar-refractivity contribution in [3.8, 4) is 16.9 Å². The number of benzene rings is 3. The number of hydrogen-bond donors (Lipinski definition) is 0. The lowest BCUT2D eigenvalue weighted by atomic mass is 9.97. The minimum Gasteiger partial charge on any atom is -0.496 e. The van der Waals surface area contributed by atoms with Crippen LogP contribution in [0.1, 0.15) is 10.4 Å². The van der Waals surface area contributed by atoms with Crippen LogP contribution in [0.3, 0.4) is 0 Å². The average Bonchev–Trinajstić information content (AvgIpc) is 2.53. The maximum Gasteiger partial charge on any atom is 0.150 e. The van der Waals surface area contributed by atoms with Gasteiger partial charge in [-0.3, -0.25) is 4.79 Å². The van der Waals surface area contributed by atoms with E-state index in [2.05, 4.69) is 24.3 Å². The van der Waals surface area contributed by atoms with Gasteiger partial charge >= 0.3 is 0 Å². The van der Waals surface area contributed by atoms with E-state index in [1.165, 1.54) is 5.39 Å². The molecule has 0 radical (unpaired) electrons. The maximum atomic E-state index is 11.3. The SMILES string of the molecule is COc1cccc(C=O)c1-c1ccc2ccccc2c1. The van der Waals surface area contributed by atoms with Crippen LogP contribution in [0, 0.1) is 0 Å². The highest BCUT2D eigenvalue weighted by atomic mass is 16.5. The van der Waals surface area contributed by atoms with Crippen molar-refractivity contribution in [1.29, 1.82) is 0 Å². The summed E-state index contributed by atoms with van der Waals surface area (Å²) < 4.78 is 5.40. The van der Waals surface area contributed by atoms with Crippen LogP contribution in [-0.4, -0.2) is 13.4 Å². The fourth-order valence-corrected chi connectivity index (χ4v) is 2.47. The van der Waals surface area contributed by atoms with Crippen LogP contribution in [0.5, 0.6) is 5.75 Å². The summed E-state index contributed by atoms with van der Waals surface area (Å²) in [5.41, 5.74) is 2.47. The Morgan fingerprint density at radius 3 is 2.45 bits per heavy atom. The first-order chi connectivity index (χ1) is 9.83. The van der Waals surface area contributed by atoms with Gasteiger partial charge in [-0.05, 0) is 28.5 Å². The van der Waals surface area contributed by atoms with Gasteiger partial charge in [-0.15, -0.1) is 0 Å². The predicted octanol–water partition coefficient (Wildman–Crippen LogP) is 4.33. The predicted molar refractivity (Wildman–Crippen MR) is 81.3 cm³/mol. The van der Waals surface area contributed by atoms with Gasteiger partial charge in [0.25, 0.3) is 0 Å². The molecule has 0 aliphatic heterocycles. The van der Waals surface area contributed by atoms with Gasteiger partial charge in [-0.25, -0.2) is 0 Å². The molecule has 3 aromatic rings. The van der Waals surface area contributed by atoms with Crippen molar-refractivity contribution in [2.75, 3.05) is 7.11 Å². The Hall–Kier alpha value is -2.61. The van der Waals surface area contributed by atoms with Crippen molar-refractivity contribution in [2.45, 2.75) is 0 Å². The highest BCUT2D eigenvalue weighted by Gasteiger charge is 2.11. The Labute approximate surface area is 117 Å². The zero-order valence-electron chi connectivity index (χ0n) is 11.2. The van der Waals surface area contributed by atoms with E-state index in [4.69, 9.17) is 4.74 Å². The monoisotopic (exact) mass is 262 g/mol. The van der Waals surface area contributed by atoms with Crippen LogP contribution in [0.25, 0.3) is 21.9 Å². The van der Waals surface area contributed by atoms with Crippen molar-refractivity contribution < 1.29 is 9.53 Å².